The molecule has 4 aromatic heterocycles. The molecule has 0 amide bonds. The van der Waals surface area contributed by atoms with Crippen molar-refractivity contribution < 1.29 is 4.74 Å². The summed E-state index contributed by atoms with van der Waals surface area (Å²) in [6.45, 7) is 0. The van der Waals surface area contributed by atoms with Crippen molar-refractivity contribution in [2.24, 2.45) is 0 Å². The molecule has 1 fully saturated rings. The van der Waals surface area contributed by atoms with Gasteiger partial charge in [0.1, 0.15) is 11.6 Å². The molecular formula is C22H23N7O2. The molecule has 4 heterocycles. The highest BCUT2D eigenvalue weighted by atomic mass is 16.5. The van der Waals surface area contributed by atoms with Crippen molar-refractivity contribution in [3.63, 3.8) is 0 Å². The molecule has 9 heteroatoms. The van der Waals surface area contributed by atoms with Gasteiger partial charge >= 0.3 is 0 Å². The Morgan fingerprint density at radius 1 is 1.10 bits per heavy atom. The molecule has 31 heavy (non-hydrogen) atoms. The van der Waals surface area contributed by atoms with Crippen LogP contribution in [0.5, 0.6) is 5.75 Å². The van der Waals surface area contributed by atoms with Crippen LogP contribution in [0.4, 0.5) is 11.8 Å². The number of fused-ring (bicyclic) bond motifs is 1. The first kappa shape index (κ1) is 19.1. The number of hydrogen-bond acceptors (Lipinski definition) is 7. The van der Waals surface area contributed by atoms with Gasteiger partial charge in [-0.3, -0.25) is 9.36 Å². The van der Waals surface area contributed by atoms with Gasteiger partial charge in [0.25, 0.3) is 5.56 Å². The highest BCUT2D eigenvalue weighted by molar-refractivity contribution is 5.74. The molecule has 0 aliphatic heterocycles. The normalized spacial score (nSPS) is 18.2. The number of hydrogen-bond donors (Lipinski definition) is 3. The Labute approximate surface area is 178 Å². The summed E-state index contributed by atoms with van der Waals surface area (Å²) in [6.07, 6.45) is 8.13. The molecular weight excluding hydrogens is 394 g/mol. The average Bonchev–Trinajstić information content (AvgIpc) is 3.40. The van der Waals surface area contributed by atoms with E-state index in [1.807, 2.05) is 24.3 Å². The summed E-state index contributed by atoms with van der Waals surface area (Å²) in [6, 6.07) is 11.4. The predicted molar refractivity (Wildman–Crippen MR) is 119 cm³/mol. The molecule has 0 radical (unpaired) electrons. The van der Waals surface area contributed by atoms with Crippen LogP contribution >= 0.6 is 0 Å². The average molecular weight is 417 g/mol. The van der Waals surface area contributed by atoms with Crippen molar-refractivity contribution in [3.05, 3.63) is 65.3 Å². The Morgan fingerprint density at radius 3 is 2.74 bits per heavy atom. The summed E-state index contributed by atoms with van der Waals surface area (Å²) in [5, 5.41) is 6.97. The zero-order valence-electron chi connectivity index (χ0n) is 17.1. The predicted octanol–water partition coefficient (Wildman–Crippen LogP) is 2.96. The van der Waals surface area contributed by atoms with Crippen LogP contribution < -0.4 is 20.9 Å². The lowest BCUT2D eigenvalue weighted by Crippen LogP contribution is -2.21. The maximum Gasteiger partial charge on any atom is 0.255 e. The molecule has 0 unspecified atom stereocenters. The molecule has 1 aliphatic rings. The van der Waals surface area contributed by atoms with Crippen molar-refractivity contribution in [1.29, 1.82) is 0 Å². The first-order chi connectivity index (χ1) is 15.2. The summed E-state index contributed by atoms with van der Waals surface area (Å²) in [7, 11) is 1.62. The fraction of sp³-hybridized carbons (Fsp3) is 0.273. The number of aromatic amines is 1. The Kier molecular flexibility index (Phi) is 4.99. The Morgan fingerprint density at radius 2 is 1.97 bits per heavy atom. The van der Waals surface area contributed by atoms with E-state index < -0.39 is 0 Å². The lowest BCUT2D eigenvalue weighted by molar-refractivity contribution is 0.413. The standard InChI is InChI=1S/C22H23N7O2/c1-31-17-11-18-21(24-13-17)28-22(27-18)26-15-6-5-14(10-15)25-19-8-7-16(12-23-19)29-9-3-2-4-20(29)30/h2-4,7-9,11-15H,5-6,10H2,1H3,(H,23,25)(H2,24,26,27,28)/t14-,15-/m0/s1. The summed E-state index contributed by atoms with van der Waals surface area (Å²) in [5.41, 5.74) is 2.18. The molecule has 9 nitrogen and oxygen atoms in total. The van der Waals surface area contributed by atoms with Gasteiger partial charge in [0, 0.05) is 30.4 Å². The third-order valence-corrected chi connectivity index (χ3v) is 5.52. The molecule has 1 aliphatic carbocycles. The number of aromatic nitrogens is 5. The van der Waals surface area contributed by atoms with E-state index in [-0.39, 0.29) is 5.56 Å². The monoisotopic (exact) mass is 417 g/mol. The number of anilines is 2. The lowest BCUT2D eigenvalue weighted by atomic mass is 10.2. The molecule has 3 N–H and O–H groups in total. The summed E-state index contributed by atoms with van der Waals surface area (Å²) < 4.78 is 6.79. The molecule has 158 valence electrons. The van der Waals surface area contributed by atoms with Gasteiger partial charge in [-0.25, -0.2) is 9.97 Å². The van der Waals surface area contributed by atoms with Crippen molar-refractivity contribution in [1.82, 2.24) is 24.5 Å². The number of rotatable bonds is 6. The van der Waals surface area contributed by atoms with Crippen LogP contribution in [0.15, 0.2) is 59.8 Å². The largest absolute Gasteiger partial charge is 0.495 e. The number of ether oxygens (including phenoxy) is 1. The summed E-state index contributed by atoms with van der Waals surface area (Å²) in [5.74, 6) is 2.22. The first-order valence-electron chi connectivity index (χ1n) is 10.2. The molecule has 0 bridgehead atoms. The van der Waals surface area contributed by atoms with E-state index in [0.29, 0.717) is 23.5 Å². The number of pyridine rings is 3. The zero-order valence-corrected chi connectivity index (χ0v) is 17.1. The SMILES string of the molecule is COc1cnc2nc(N[C@H]3CC[C@H](Nc4ccc(-n5ccccc5=O)cn4)C3)[nH]c2c1. The third kappa shape index (κ3) is 4.07. The highest BCUT2D eigenvalue weighted by Gasteiger charge is 2.25. The molecule has 1 saturated carbocycles. The van der Waals surface area contributed by atoms with Gasteiger partial charge in [-0.05, 0) is 37.5 Å². The van der Waals surface area contributed by atoms with Gasteiger partial charge < -0.3 is 20.4 Å². The second kappa shape index (κ2) is 8.10. The highest BCUT2D eigenvalue weighted by Crippen LogP contribution is 2.26. The van der Waals surface area contributed by atoms with Gasteiger partial charge in [0.2, 0.25) is 5.95 Å². The maximum absolute atomic E-state index is 12.0. The number of H-pyrrole nitrogens is 1. The van der Waals surface area contributed by atoms with E-state index in [9.17, 15) is 4.79 Å². The van der Waals surface area contributed by atoms with Crippen molar-refractivity contribution >= 4 is 22.9 Å². The minimum atomic E-state index is -0.0750. The van der Waals surface area contributed by atoms with Crippen LogP contribution in [0.2, 0.25) is 0 Å². The second-order valence-electron chi connectivity index (χ2n) is 7.64. The topological polar surface area (TPSA) is 110 Å². The van der Waals surface area contributed by atoms with Crippen LogP contribution in [0, 0.1) is 0 Å². The maximum atomic E-state index is 12.0. The quantitative estimate of drug-likeness (QED) is 0.442. The summed E-state index contributed by atoms with van der Waals surface area (Å²) in [4.78, 5) is 28.5. The molecule has 5 rings (SSSR count). The van der Waals surface area contributed by atoms with Gasteiger partial charge in [0.05, 0.1) is 30.7 Å². The van der Waals surface area contributed by atoms with E-state index >= 15 is 0 Å². The fourth-order valence-electron chi connectivity index (χ4n) is 3.96. The summed E-state index contributed by atoms with van der Waals surface area (Å²) >= 11 is 0. The van der Waals surface area contributed by atoms with E-state index in [4.69, 9.17) is 4.74 Å². The molecule has 0 spiro atoms. The minimum Gasteiger partial charge on any atom is -0.495 e. The molecule has 4 aromatic rings. The van der Waals surface area contributed by atoms with Crippen molar-refractivity contribution in [2.45, 2.75) is 31.3 Å². The van der Waals surface area contributed by atoms with E-state index in [2.05, 4.69) is 30.6 Å². The van der Waals surface area contributed by atoms with Crippen LogP contribution in [0.1, 0.15) is 19.3 Å². The number of nitrogens with zero attached hydrogens (tertiary/aromatic N) is 4. The molecule has 0 saturated heterocycles. The van der Waals surface area contributed by atoms with Crippen LogP contribution in [0.3, 0.4) is 0 Å². The van der Waals surface area contributed by atoms with Gasteiger partial charge in [-0.2, -0.15) is 4.98 Å². The van der Waals surface area contributed by atoms with Gasteiger partial charge in [-0.1, -0.05) is 6.07 Å². The van der Waals surface area contributed by atoms with Gasteiger partial charge in [0.15, 0.2) is 5.65 Å². The second-order valence-corrected chi connectivity index (χ2v) is 7.64. The fourth-order valence-corrected chi connectivity index (χ4v) is 3.96. The Balaban J connectivity index is 1.20. The van der Waals surface area contributed by atoms with Crippen LogP contribution in [0.25, 0.3) is 16.9 Å². The van der Waals surface area contributed by atoms with Crippen molar-refractivity contribution in [3.8, 4) is 11.4 Å². The minimum absolute atomic E-state index is 0.0750. The smallest absolute Gasteiger partial charge is 0.255 e. The van der Waals surface area contributed by atoms with E-state index in [0.717, 1.165) is 42.2 Å². The van der Waals surface area contributed by atoms with Crippen molar-refractivity contribution in [2.75, 3.05) is 17.7 Å². The lowest BCUT2D eigenvalue weighted by Gasteiger charge is -2.15. The number of imidazole rings is 1. The van der Waals surface area contributed by atoms with E-state index in [1.165, 1.54) is 6.07 Å². The zero-order chi connectivity index (χ0) is 21.2. The molecule has 2 atom stereocenters. The van der Waals surface area contributed by atoms with Crippen LogP contribution in [-0.2, 0) is 0 Å². The number of nitrogens with one attached hydrogen (secondary N) is 3. The van der Waals surface area contributed by atoms with Crippen LogP contribution in [-0.4, -0.2) is 43.7 Å². The Bertz CT molecular complexity index is 1250. The first-order valence-corrected chi connectivity index (χ1v) is 10.2. The molecule has 0 aromatic carbocycles. The third-order valence-electron chi connectivity index (χ3n) is 5.52. The van der Waals surface area contributed by atoms with E-state index in [1.54, 1.807) is 36.3 Å². The Hall–Kier alpha value is -3.88. The van der Waals surface area contributed by atoms with Gasteiger partial charge in [-0.15, -0.1) is 0 Å². The number of methoxy groups -OCH3 is 1.